The third-order valence-corrected chi connectivity index (χ3v) is 3.57. The highest BCUT2D eigenvalue weighted by molar-refractivity contribution is 6.31. The van der Waals surface area contributed by atoms with Crippen LogP contribution in [0, 0.1) is 6.92 Å². The molecule has 1 amide bonds. The molecule has 0 aromatic carbocycles. The molecule has 1 saturated heterocycles. The summed E-state index contributed by atoms with van der Waals surface area (Å²) < 4.78 is 1.59. The van der Waals surface area contributed by atoms with E-state index in [-0.39, 0.29) is 24.4 Å². The number of rotatable bonds is 2. The monoisotopic (exact) mass is 304 g/mol. The minimum atomic E-state index is -0.0257. The van der Waals surface area contributed by atoms with Crippen molar-refractivity contribution in [3.8, 4) is 0 Å². The Kier molecular flexibility index (Phi) is 5.40. The smallest absolute Gasteiger partial charge is 0.246 e. The van der Waals surface area contributed by atoms with E-state index in [9.17, 15) is 4.79 Å². The van der Waals surface area contributed by atoms with Crippen LogP contribution in [0.2, 0.25) is 5.15 Å². The van der Waals surface area contributed by atoms with Gasteiger partial charge < -0.3 is 10.6 Å². The van der Waals surface area contributed by atoms with Gasteiger partial charge in [0.05, 0.1) is 5.69 Å². The number of hydrogen-bond acceptors (Lipinski definition) is 3. The van der Waals surface area contributed by atoms with Crippen LogP contribution in [-0.2, 0) is 11.8 Å². The summed E-state index contributed by atoms with van der Waals surface area (Å²) in [5.74, 6) is -0.0257. The lowest BCUT2D eigenvalue weighted by Crippen LogP contribution is -2.30. The third kappa shape index (κ3) is 3.49. The molecule has 0 spiro atoms. The largest absolute Gasteiger partial charge is 0.338 e. The van der Waals surface area contributed by atoms with Gasteiger partial charge >= 0.3 is 0 Å². The molecule has 2 N–H and O–H groups in total. The zero-order valence-corrected chi connectivity index (χ0v) is 12.5. The van der Waals surface area contributed by atoms with Gasteiger partial charge in [-0.1, -0.05) is 11.6 Å². The molecule has 7 heteroatoms. The molecule has 0 bridgehead atoms. The lowest BCUT2D eigenvalue weighted by Gasteiger charge is -2.12. The molecule has 2 heterocycles. The summed E-state index contributed by atoms with van der Waals surface area (Å²) >= 11 is 6.08. The number of carbonyl (C=O) groups excluding carboxylic acids is 1. The van der Waals surface area contributed by atoms with E-state index in [0.29, 0.717) is 11.7 Å². The Morgan fingerprint density at radius 1 is 1.58 bits per heavy atom. The molecule has 0 aliphatic carbocycles. The second-order valence-corrected chi connectivity index (χ2v) is 4.94. The predicted octanol–water partition coefficient (Wildman–Crippen LogP) is 1.38. The zero-order chi connectivity index (χ0) is 13.3. The summed E-state index contributed by atoms with van der Waals surface area (Å²) in [6.07, 6.45) is 4.12. The number of halogens is 2. The van der Waals surface area contributed by atoms with E-state index in [1.54, 1.807) is 22.7 Å². The Labute approximate surface area is 123 Å². The molecule has 1 unspecified atom stereocenters. The first kappa shape index (κ1) is 16.0. The SMILES string of the molecule is Cc1nn(C)c(Cl)c1C=CC(=O)N1CCC(N)C1.Cl. The van der Waals surface area contributed by atoms with Crippen LogP contribution in [0.5, 0.6) is 0 Å². The maximum absolute atomic E-state index is 11.9. The minimum Gasteiger partial charge on any atom is -0.338 e. The molecule has 1 fully saturated rings. The molecule has 1 aromatic heterocycles. The molecule has 106 valence electrons. The Balaban J connectivity index is 0.00000180. The second-order valence-electron chi connectivity index (χ2n) is 4.58. The maximum atomic E-state index is 11.9. The highest BCUT2D eigenvalue weighted by atomic mass is 35.5. The fraction of sp³-hybridized carbons (Fsp3) is 0.500. The van der Waals surface area contributed by atoms with E-state index in [0.717, 1.165) is 24.2 Å². The van der Waals surface area contributed by atoms with Crippen molar-refractivity contribution in [2.75, 3.05) is 13.1 Å². The molecule has 19 heavy (non-hydrogen) atoms. The quantitative estimate of drug-likeness (QED) is 0.840. The Morgan fingerprint density at radius 2 is 2.26 bits per heavy atom. The molecule has 0 radical (unpaired) electrons. The maximum Gasteiger partial charge on any atom is 0.246 e. The van der Waals surface area contributed by atoms with Gasteiger partial charge in [-0.2, -0.15) is 5.10 Å². The topological polar surface area (TPSA) is 64.2 Å². The summed E-state index contributed by atoms with van der Waals surface area (Å²) in [6.45, 7) is 3.22. The number of aromatic nitrogens is 2. The first-order valence-corrected chi connectivity index (χ1v) is 6.28. The molecule has 0 saturated carbocycles. The van der Waals surface area contributed by atoms with Gasteiger partial charge in [0.2, 0.25) is 5.91 Å². The van der Waals surface area contributed by atoms with E-state index in [1.807, 2.05) is 6.92 Å². The van der Waals surface area contributed by atoms with Crippen molar-refractivity contribution in [2.45, 2.75) is 19.4 Å². The van der Waals surface area contributed by atoms with Gasteiger partial charge in [0.15, 0.2) is 0 Å². The Morgan fingerprint density at radius 3 is 2.74 bits per heavy atom. The van der Waals surface area contributed by atoms with Crippen LogP contribution in [-0.4, -0.2) is 39.7 Å². The van der Waals surface area contributed by atoms with Crippen molar-refractivity contribution in [3.05, 3.63) is 22.5 Å². The zero-order valence-electron chi connectivity index (χ0n) is 11.0. The molecule has 1 atom stereocenters. The van der Waals surface area contributed by atoms with E-state index >= 15 is 0 Å². The standard InChI is InChI=1S/C12H17ClN4O.ClH/c1-8-10(12(13)16(2)15-8)3-4-11(18)17-6-5-9(14)7-17;/h3-4,9H,5-7,14H2,1-2H3;1H. The lowest BCUT2D eigenvalue weighted by molar-refractivity contribution is -0.124. The predicted molar refractivity (Wildman–Crippen MR) is 78.4 cm³/mol. The van der Waals surface area contributed by atoms with Crippen LogP contribution in [0.15, 0.2) is 6.08 Å². The molecule has 2 rings (SSSR count). The van der Waals surface area contributed by atoms with Crippen molar-refractivity contribution < 1.29 is 4.79 Å². The number of amides is 1. The molecule has 5 nitrogen and oxygen atoms in total. The van der Waals surface area contributed by atoms with E-state index < -0.39 is 0 Å². The Bertz CT molecular complexity index is 498. The summed E-state index contributed by atoms with van der Waals surface area (Å²) in [6, 6.07) is 0.103. The first-order chi connectivity index (χ1) is 8.49. The van der Waals surface area contributed by atoms with Crippen molar-refractivity contribution in [3.63, 3.8) is 0 Å². The van der Waals surface area contributed by atoms with Gasteiger partial charge in [-0.15, -0.1) is 12.4 Å². The van der Waals surface area contributed by atoms with Gasteiger partial charge in [-0.05, 0) is 19.4 Å². The number of aryl methyl sites for hydroxylation is 2. The number of nitrogens with zero attached hydrogens (tertiary/aromatic N) is 3. The van der Waals surface area contributed by atoms with Gasteiger partial charge in [0.1, 0.15) is 5.15 Å². The van der Waals surface area contributed by atoms with Gasteiger partial charge in [-0.3, -0.25) is 9.48 Å². The van der Waals surface area contributed by atoms with Crippen LogP contribution in [0.3, 0.4) is 0 Å². The molecular formula is C12H18Cl2N4O. The number of nitrogens with two attached hydrogens (primary N) is 1. The van der Waals surface area contributed by atoms with Crippen molar-refractivity contribution >= 4 is 36.0 Å². The average Bonchev–Trinajstić information content (AvgIpc) is 2.83. The van der Waals surface area contributed by atoms with Gasteiger partial charge in [-0.25, -0.2) is 0 Å². The van der Waals surface area contributed by atoms with Crippen molar-refractivity contribution in [1.82, 2.24) is 14.7 Å². The van der Waals surface area contributed by atoms with Gasteiger partial charge in [0.25, 0.3) is 0 Å². The summed E-state index contributed by atoms with van der Waals surface area (Å²) in [5, 5.41) is 4.72. The van der Waals surface area contributed by atoms with Crippen molar-refractivity contribution in [2.24, 2.45) is 12.8 Å². The van der Waals surface area contributed by atoms with Crippen LogP contribution in [0.4, 0.5) is 0 Å². The van der Waals surface area contributed by atoms with E-state index in [1.165, 1.54) is 6.08 Å². The fourth-order valence-corrected chi connectivity index (χ4v) is 2.32. The summed E-state index contributed by atoms with van der Waals surface area (Å²) in [4.78, 5) is 13.7. The van der Waals surface area contributed by atoms with E-state index in [4.69, 9.17) is 17.3 Å². The molecule has 1 aliphatic rings. The van der Waals surface area contributed by atoms with E-state index in [2.05, 4.69) is 5.10 Å². The van der Waals surface area contributed by atoms with Gasteiger partial charge in [0, 0.05) is 37.8 Å². The Hall–Kier alpha value is -1.04. The number of carbonyl (C=O) groups is 1. The molecular weight excluding hydrogens is 287 g/mol. The first-order valence-electron chi connectivity index (χ1n) is 5.90. The average molecular weight is 305 g/mol. The normalized spacial score (nSPS) is 18.9. The van der Waals surface area contributed by atoms with Crippen LogP contribution >= 0.6 is 24.0 Å². The van der Waals surface area contributed by atoms with Crippen LogP contribution < -0.4 is 5.73 Å². The van der Waals surface area contributed by atoms with Crippen LogP contribution in [0.1, 0.15) is 17.7 Å². The third-order valence-electron chi connectivity index (χ3n) is 3.13. The van der Waals surface area contributed by atoms with Crippen molar-refractivity contribution in [1.29, 1.82) is 0 Å². The highest BCUT2D eigenvalue weighted by Crippen LogP contribution is 2.20. The number of likely N-dealkylation sites (tertiary alicyclic amines) is 1. The molecule has 1 aliphatic heterocycles. The summed E-state index contributed by atoms with van der Waals surface area (Å²) in [5.41, 5.74) is 7.37. The highest BCUT2D eigenvalue weighted by Gasteiger charge is 2.21. The minimum absolute atomic E-state index is 0. The second kappa shape index (κ2) is 6.41. The number of hydrogen-bond donors (Lipinski definition) is 1. The lowest BCUT2D eigenvalue weighted by atomic mass is 10.2. The summed E-state index contributed by atoms with van der Waals surface area (Å²) in [7, 11) is 1.77. The fourth-order valence-electron chi connectivity index (χ4n) is 2.08. The van der Waals surface area contributed by atoms with Crippen LogP contribution in [0.25, 0.3) is 6.08 Å². The molecule has 1 aromatic rings.